The molecule has 0 aliphatic heterocycles. The first-order chi connectivity index (χ1) is 4.20. The molecule has 1 radical (unpaired) electrons. The lowest BCUT2D eigenvalue weighted by Crippen LogP contribution is -1.84. The highest BCUT2D eigenvalue weighted by Gasteiger charge is 2.03. The molecule has 0 unspecified atom stereocenters. The van der Waals surface area contributed by atoms with E-state index >= 15 is 0 Å². The van der Waals surface area contributed by atoms with E-state index in [-0.39, 0.29) is 0 Å². The number of rotatable bonds is 1. The van der Waals surface area contributed by atoms with Crippen LogP contribution in [-0.4, -0.2) is 4.98 Å². The van der Waals surface area contributed by atoms with E-state index in [0.717, 1.165) is 5.89 Å². The Morgan fingerprint density at radius 3 is 2.56 bits per heavy atom. The molecule has 0 aliphatic rings. The lowest BCUT2D eigenvalue weighted by atomic mass is 10.2. The van der Waals surface area contributed by atoms with Crippen molar-refractivity contribution in [3.05, 3.63) is 24.8 Å². The maximum Gasteiger partial charge on any atom is 0.196 e. The molecule has 2 nitrogen and oxygen atoms in total. The highest BCUT2D eigenvalue weighted by molar-refractivity contribution is 4.99. The molecule has 0 bridgehead atoms. The van der Waals surface area contributed by atoms with Gasteiger partial charge in [-0.05, 0) is 0 Å². The molecule has 1 rings (SSSR count). The van der Waals surface area contributed by atoms with Crippen molar-refractivity contribution in [3.63, 3.8) is 0 Å². The molecular formula is C7H10NO. The van der Waals surface area contributed by atoms with E-state index in [0.29, 0.717) is 11.7 Å². The summed E-state index contributed by atoms with van der Waals surface area (Å²) in [7, 11) is 0. The molecular weight excluding hydrogens is 114 g/mol. The van der Waals surface area contributed by atoms with Gasteiger partial charge in [-0.1, -0.05) is 13.8 Å². The summed E-state index contributed by atoms with van der Waals surface area (Å²) in [5.74, 6) is 1.76. The molecule has 9 heavy (non-hydrogen) atoms. The fourth-order valence-electron chi connectivity index (χ4n) is 0.590. The maximum atomic E-state index is 5.12. The summed E-state index contributed by atoms with van der Waals surface area (Å²) in [5.41, 5.74) is 0. The Labute approximate surface area is 54.9 Å². The lowest BCUT2D eigenvalue weighted by Gasteiger charge is -1.93. The van der Waals surface area contributed by atoms with Gasteiger partial charge < -0.3 is 4.42 Å². The summed E-state index contributed by atoms with van der Waals surface area (Å²) in [6.07, 6.45) is 1.63. The molecule has 1 aromatic rings. The number of hydrogen-bond donors (Lipinski definition) is 0. The molecule has 1 aromatic heterocycles. The largest absolute Gasteiger partial charge is 0.445 e. The normalized spacial score (nSPS) is 10.7. The topological polar surface area (TPSA) is 26.0 Å². The minimum absolute atomic E-state index is 0.362. The van der Waals surface area contributed by atoms with Crippen molar-refractivity contribution in [1.29, 1.82) is 0 Å². The Morgan fingerprint density at radius 1 is 1.67 bits per heavy atom. The van der Waals surface area contributed by atoms with Crippen molar-refractivity contribution in [2.45, 2.75) is 19.8 Å². The Balaban J connectivity index is 2.85. The third-order valence-corrected chi connectivity index (χ3v) is 1.07. The fraction of sp³-hybridized carbons (Fsp3) is 0.429. The van der Waals surface area contributed by atoms with Gasteiger partial charge >= 0.3 is 0 Å². The zero-order chi connectivity index (χ0) is 6.85. The fourth-order valence-corrected chi connectivity index (χ4v) is 0.590. The molecule has 0 spiro atoms. The van der Waals surface area contributed by atoms with E-state index in [1.165, 1.54) is 0 Å². The van der Waals surface area contributed by atoms with Crippen LogP contribution < -0.4 is 0 Å². The second-order valence-corrected chi connectivity index (χ2v) is 2.32. The number of hydrogen-bond acceptors (Lipinski definition) is 2. The summed E-state index contributed by atoms with van der Waals surface area (Å²) in [6, 6.07) is 0. The third kappa shape index (κ3) is 1.31. The summed E-state index contributed by atoms with van der Waals surface area (Å²) >= 11 is 0. The zero-order valence-electron chi connectivity index (χ0n) is 5.72. The standard InChI is InChI=1S/C7H10NO/c1-5(2)7-8-4-6(3)9-7/h4-5H,3H2,1-2H3. The minimum Gasteiger partial charge on any atom is -0.445 e. The smallest absolute Gasteiger partial charge is 0.196 e. The van der Waals surface area contributed by atoms with Crippen molar-refractivity contribution in [2.75, 3.05) is 0 Å². The average molecular weight is 124 g/mol. The van der Waals surface area contributed by atoms with Crippen LogP contribution in [0, 0.1) is 6.92 Å². The van der Waals surface area contributed by atoms with Gasteiger partial charge in [0.05, 0.1) is 6.20 Å². The molecule has 0 atom stereocenters. The summed E-state index contributed by atoms with van der Waals surface area (Å²) in [4.78, 5) is 3.99. The molecule has 0 aromatic carbocycles. The average Bonchev–Trinajstić information content (AvgIpc) is 2.14. The highest BCUT2D eigenvalue weighted by atomic mass is 16.4. The molecule has 0 fully saturated rings. The first kappa shape index (κ1) is 6.33. The van der Waals surface area contributed by atoms with Crippen LogP contribution in [0.4, 0.5) is 0 Å². The van der Waals surface area contributed by atoms with Gasteiger partial charge in [-0.15, -0.1) is 0 Å². The van der Waals surface area contributed by atoms with E-state index in [1.807, 2.05) is 13.8 Å². The molecule has 49 valence electrons. The minimum atomic E-state index is 0.362. The molecule has 0 aliphatic carbocycles. The predicted molar refractivity (Wildman–Crippen MR) is 35.1 cm³/mol. The molecule has 0 saturated heterocycles. The van der Waals surface area contributed by atoms with E-state index in [4.69, 9.17) is 4.42 Å². The SMILES string of the molecule is [CH2]c1cnc(C(C)C)o1. The summed E-state index contributed by atoms with van der Waals surface area (Å²) in [5, 5.41) is 0. The quantitative estimate of drug-likeness (QED) is 0.572. The Hall–Kier alpha value is -0.790. The first-order valence-electron chi connectivity index (χ1n) is 2.98. The Morgan fingerprint density at radius 2 is 2.33 bits per heavy atom. The van der Waals surface area contributed by atoms with Crippen LogP contribution in [0.3, 0.4) is 0 Å². The number of oxazole rings is 1. The van der Waals surface area contributed by atoms with Crippen molar-refractivity contribution in [1.82, 2.24) is 4.98 Å². The Kier molecular flexibility index (Phi) is 1.56. The van der Waals surface area contributed by atoms with Crippen LogP contribution in [0.25, 0.3) is 0 Å². The third-order valence-electron chi connectivity index (χ3n) is 1.07. The van der Waals surface area contributed by atoms with Crippen LogP contribution >= 0.6 is 0 Å². The second kappa shape index (κ2) is 2.21. The van der Waals surface area contributed by atoms with E-state index in [1.54, 1.807) is 6.20 Å². The van der Waals surface area contributed by atoms with Crippen LogP contribution in [0.15, 0.2) is 10.6 Å². The van der Waals surface area contributed by atoms with E-state index in [2.05, 4.69) is 11.9 Å². The second-order valence-electron chi connectivity index (χ2n) is 2.32. The molecule has 0 N–H and O–H groups in total. The molecule has 0 saturated carbocycles. The lowest BCUT2D eigenvalue weighted by molar-refractivity contribution is 0.459. The number of aromatic nitrogens is 1. The van der Waals surface area contributed by atoms with Gasteiger partial charge in [0.15, 0.2) is 5.89 Å². The zero-order valence-corrected chi connectivity index (χ0v) is 5.72. The van der Waals surface area contributed by atoms with Gasteiger partial charge in [0.2, 0.25) is 0 Å². The van der Waals surface area contributed by atoms with Gasteiger partial charge in [0.1, 0.15) is 5.76 Å². The van der Waals surface area contributed by atoms with E-state index in [9.17, 15) is 0 Å². The van der Waals surface area contributed by atoms with Crippen molar-refractivity contribution in [3.8, 4) is 0 Å². The number of nitrogens with zero attached hydrogens (tertiary/aromatic N) is 1. The maximum absolute atomic E-state index is 5.12. The van der Waals surface area contributed by atoms with Crippen LogP contribution in [0.5, 0.6) is 0 Å². The van der Waals surface area contributed by atoms with Gasteiger partial charge in [0, 0.05) is 12.8 Å². The molecule has 2 heteroatoms. The van der Waals surface area contributed by atoms with Crippen LogP contribution in [-0.2, 0) is 0 Å². The van der Waals surface area contributed by atoms with Gasteiger partial charge in [-0.25, -0.2) is 4.98 Å². The summed E-state index contributed by atoms with van der Waals surface area (Å²) in [6.45, 7) is 7.66. The highest BCUT2D eigenvalue weighted by Crippen LogP contribution is 2.12. The van der Waals surface area contributed by atoms with Crippen LogP contribution in [0.2, 0.25) is 0 Å². The van der Waals surface area contributed by atoms with Gasteiger partial charge in [-0.2, -0.15) is 0 Å². The van der Waals surface area contributed by atoms with Gasteiger partial charge in [-0.3, -0.25) is 0 Å². The van der Waals surface area contributed by atoms with E-state index < -0.39 is 0 Å². The predicted octanol–water partition coefficient (Wildman–Crippen LogP) is 1.98. The monoisotopic (exact) mass is 124 g/mol. The van der Waals surface area contributed by atoms with Crippen molar-refractivity contribution >= 4 is 0 Å². The van der Waals surface area contributed by atoms with Gasteiger partial charge in [0.25, 0.3) is 0 Å². The molecule has 1 heterocycles. The van der Waals surface area contributed by atoms with Crippen molar-refractivity contribution in [2.24, 2.45) is 0 Å². The Bertz CT molecular complexity index is 191. The van der Waals surface area contributed by atoms with Crippen LogP contribution in [0.1, 0.15) is 31.4 Å². The van der Waals surface area contributed by atoms with Crippen molar-refractivity contribution < 1.29 is 4.42 Å². The summed E-state index contributed by atoms with van der Waals surface area (Å²) < 4.78 is 5.12. The first-order valence-corrected chi connectivity index (χ1v) is 2.98. The molecule has 0 amide bonds.